The SMILES string of the molecule is COc1cc(C(=O)C(=O)c2ccc(N(C)C)cc2)cc(OC)c1OC. The Labute approximate surface area is 146 Å². The Bertz CT molecular complexity index is 756. The molecule has 0 amide bonds. The zero-order valence-electron chi connectivity index (χ0n) is 15.0. The summed E-state index contributed by atoms with van der Waals surface area (Å²) in [6.07, 6.45) is 0. The van der Waals surface area contributed by atoms with Crippen LogP contribution in [0.5, 0.6) is 17.2 Å². The first kappa shape index (κ1) is 18.3. The Morgan fingerprint density at radius 2 is 1.24 bits per heavy atom. The normalized spacial score (nSPS) is 10.1. The number of nitrogens with zero attached hydrogens (tertiary/aromatic N) is 1. The molecule has 0 aliphatic heterocycles. The topological polar surface area (TPSA) is 65.1 Å². The van der Waals surface area contributed by atoms with Crippen molar-refractivity contribution in [3.05, 3.63) is 47.5 Å². The maximum Gasteiger partial charge on any atom is 0.233 e. The van der Waals surface area contributed by atoms with Crippen LogP contribution in [-0.4, -0.2) is 47.0 Å². The van der Waals surface area contributed by atoms with Gasteiger partial charge in [0.1, 0.15) is 0 Å². The van der Waals surface area contributed by atoms with Gasteiger partial charge in [-0.05, 0) is 36.4 Å². The molecule has 0 aliphatic rings. The first-order valence-electron chi connectivity index (χ1n) is 7.59. The van der Waals surface area contributed by atoms with Gasteiger partial charge in [-0.1, -0.05) is 0 Å². The number of hydrogen-bond donors (Lipinski definition) is 0. The van der Waals surface area contributed by atoms with E-state index in [2.05, 4.69) is 0 Å². The van der Waals surface area contributed by atoms with Gasteiger partial charge in [-0.3, -0.25) is 9.59 Å². The second kappa shape index (κ2) is 7.70. The van der Waals surface area contributed by atoms with Crippen molar-refractivity contribution in [1.29, 1.82) is 0 Å². The van der Waals surface area contributed by atoms with Crippen LogP contribution in [0.4, 0.5) is 5.69 Å². The second-order valence-electron chi connectivity index (χ2n) is 5.51. The van der Waals surface area contributed by atoms with Gasteiger partial charge in [-0.25, -0.2) is 0 Å². The van der Waals surface area contributed by atoms with Gasteiger partial charge in [0.25, 0.3) is 0 Å². The number of carbonyl (C=O) groups is 2. The van der Waals surface area contributed by atoms with Gasteiger partial charge in [-0.15, -0.1) is 0 Å². The molecule has 2 aromatic rings. The van der Waals surface area contributed by atoms with Crippen molar-refractivity contribution >= 4 is 17.3 Å². The second-order valence-corrected chi connectivity index (χ2v) is 5.51. The van der Waals surface area contributed by atoms with E-state index in [1.54, 1.807) is 24.3 Å². The van der Waals surface area contributed by atoms with Gasteiger partial charge in [0, 0.05) is 30.9 Å². The van der Waals surface area contributed by atoms with E-state index in [1.165, 1.54) is 33.5 Å². The van der Waals surface area contributed by atoms with E-state index >= 15 is 0 Å². The molecule has 2 aromatic carbocycles. The van der Waals surface area contributed by atoms with Crippen molar-refractivity contribution in [2.24, 2.45) is 0 Å². The van der Waals surface area contributed by atoms with Crippen molar-refractivity contribution in [1.82, 2.24) is 0 Å². The van der Waals surface area contributed by atoms with Crippen LogP contribution >= 0.6 is 0 Å². The molecule has 6 nitrogen and oxygen atoms in total. The number of carbonyl (C=O) groups excluding carboxylic acids is 2. The lowest BCUT2D eigenvalue weighted by molar-refractivity contribution is 0.0816. The molecule has 0 saturated carbocycles. The fourth-order valence-electron chi connectivity index (χ4n) is 2.39. The van der Waals surface area contributed by atoms with Crippen LogP contribution in [-0.2, 0) is 0 Å². The van der Waals surface area contributed by atoms with E-state index in [-0.39, 0.29) is 5.56 Å². The fraction of sp³-hybridized carbons (Fsp3) is 0.263. The third-order valence-electron chi connectivity index (χ3n) is 3.78. The predicted octanol–water partition coefficient (Wildman–Crippen LogP) is 2.84. The molecule has 0 aromatic heterocycles. The van der Waals surface area contributed by atoms with E-state index in [9.17, 15) is 9.59 Å². The molecule has 0 spiro atoms. The molecule has 0 radical (unpaired) electrons. The number of rotatable bonds is 7. The van der Waals surface area contributed by atoms with Crippen LogP contribution in [0, 0.1) is 0 Å². The van der Waals surface area contributed by atoms with Crippen LogP contribution in [0.3, 0.4) is 0 Å². The summed E-state index contributed by atoms with van der Waals surface area (Å²) in [6, 6.07) is 9.78. The van der Waals surface area contributed by atoms with E-state index in [0.29, 0.717) is 22.8 Å². The highest BCUT2D eigenvalue weighted by Gasteiger charge is 2.22. The molecule has 0 heterocycles. The fourth-order valence-corrected chi connectivity index (χ4v) is 2.39. The maximum atomic E-state index is 12.6. The Morgan fingerprint density at radius 3 is 1.64 bits per heavy atom. The average molecular weight is 343 g/mol. The smallest absolute Gasteiger partial charge is 0.233 e. The van der Waals surface area contributed by atoms with Crippen molar-refractivity contribution in [2.75, 3.05) is 40.3 Å². The van der Waals surface area contributed by atoms with Gasteiger partial charge in [0.15, 0.2) is 11.5 Å². The number of hydrogen-bond acceptors (Lipinski definition) is 6. The number of methoxy groups -OCH3 is 3. The van der Waals surface area contributed by atoms with E-state index < -0.39 is 11.6 Å². The number of Topliss-reactive ketones (excluding diaryl/α,β-unsaturated/α-hetero) is 2. The Morgan fingerprint density at radius 1 is 0.760 bits per heavy atom. The minimum atomic E-state index is -0.642. The number of anilines is 1. The number of ether oxygens (including phenoxy) is 3. The molecular weight excluding hydrogens is 322 g/mol. The van der Waals surface area contributed by atoms with Gasteiger partial charge >= 0.3 is 0 Å². The third-order valence-corrected chi connectivity index (χ3v) is 3.78. The highest BCUT2D eigenvalue weighted by molar-refractivity contribution is 6.49. The van der Waals surface area contributed by atoms with Crippen LogP contribution in [0.25, 0.3) is 0 Å². The summed E-state index contributed by atoms with van der Waals surface area (Å²) >= 11 is 0. The Kier molecular flexibility index (Phi) is 5.64. The van der Waals surface area contributed by atoms with Gasteiger partial charge in [-0.2, -0.15) is 0 Å². The Hall–Kier alpha value is -3.02. The molecule has 0 fully saturated rings. The van der Waals surface area contributed by atoms with Crippen molar-refractivity contribution < 1.29 is 23.8 Å². The first-order valence-corrected chi connectivity index (χ1v) is 7.59. The monoisotopic (exact) mass is 343 g/mol. The average Bonchev–Trinajstić information content (AvgIpc) is 2.65. The summed E-state index contributed by atoms with van der Waals surface area (Å²) in [5.74, 6) is -0.234. The standard InChI is InChI=1S/C19H21NO5/c1-20(2)14-8-6-12(7-9-14)17(21)18(22)13-10-15(23-3)19(25-5)16(11-13)24-4/h6-11H,1-5H3. The molecule has 6 heteroatoms. The maximum absolute atomic E-state index is 12.6. The van der Waals surface area contributed by atoms with Crippen LogP contribution in [0.2, 0.25) is 0 Å². The van der Waals surface area contributed by atoms with Crippen LogP contribution in [0.1, 0.15) is 20.7 Å². The molecular formula is C19H21NO5. The summed E-state index contributed by atoms with van der Waals surface area (Å²) in [5, 5.41) is 0. The first-order chi connectivity index (χ1) is 11.9. The summed E-state index contributed by atoms with van der Waals surface area (Å²) in [5.41, 5.74) is 1.44. The van der Waals surface area contributed by atoms with E-state index in [4.69, 9.17) is 14.2 Å². The summed E-state index contributed by atoms with van der Waals surface area (Å²) in [4.78, 5) is 27.0. The molecule has 0 saturated heterocycles. The lowest BCUT2D eigenvalue weighted by Crippen LogP contribution is -2.15. The third kappa shape index (κ3) is 3.74. The van der Waals surface area contributed by atoms with Crippen molar-refractivity contribution in [3.8, 4) is 17.2 Å². The van der Waals surface area contributed by atoms with Gasteiger partial charge < -0.3 is 19.1 Å². The molecule has 0 bridgehead atoms. The van der Waals surface area contributed by atoms with Crippen LogP contribution < -0.4 is 19.1 Å². The minimum Gasteiger partial charge on any atom is -0.493 e. The zero-order valence-corrected chi connectivity index (χ0v) is 15.0. The van der Waals surface area contributed by atoms with Crippen LogP contribution in [0.15, 0.2) is 36.4 Å². The largest absolute Gasteiger partial charge is 0.493 e. The summed E-state index contributed by atoms with van der Waals surface area (Å²) in [6.45, 7) is 0. The molecule has 2 rings (SSSR count). The van der Waals surface area contributed by atoms with Gasteiger partial charge in [0.05, 0.1) is 21.3 Å². The van der Waals surface area contributed by atoms with E-state index in [1.807, 2.05) is 19.0 Å². The highest BCUT2D eigenvalue weighted by atomic mass is 16.5. The quantitative estimate of drug-likeness (QED) is 0.569. The van der Waals surface area contributed by atoms with Crippen molar-refractivity contribution in [2.45, 2.75) is 0 Å². The number of benzene rings is 2. The molecule has 132 valence electrons. The van der Waals surface area contributed by atoms with E-state index in [0.717, 1.165) is 5.69 Å². The zero-order chi connectivity index (χ0) is 18.6. The Balaban J connectivity index is 2.37. The molecule has 25 heavy (non-hydrogen) atoms. The lowest BCUT2D eigenvalue weighted by atomic mass is 10.0. The molecule has 0 unspecified atom stereocenters. The molecule has 0 aliphatic carbocycles. The minimum absolute atomic E-state index is 0.177. The number of ketones is 2. The predicted molar refractivity (Wildman–Crippen MR) is 95.5 cm³/mol. The lowest BCUT2D eigenvalue weighted by Gasteiger charge is -2.14. The highest BCUT2D eigenvalue weighted by Crippen LogP contribution is 2.38. The summed E-state index contributed by atoms with van der Waals surface area (Å²) < 4.78 is 15.7. The van der Waals surface area contributed by atoms with Gasteiger partial charge in [0.2, 0.25) is 17.3 Å². The molecule has 0 atom stereocenters. The van der Waals surface area contributed by atoms with Crippen molar-refractivity contribution in [3.63, 3.8) is 0 Å². The summed E-state index contributed by atoms with van der Waals surface area (Å²) in [7, 11) is 8.18. The molecule has 0 N–H and O–H groups in total.